The molecular formula is C15H19N3O2. The monoisotopic (exact) mass is 273 g/mol. The minimum Gasteiger partial charge on any atom is -0.326 e. The summed E-state index contributed by atoms with van der Waals surface area (Å²) in [7, 11) is 0. The first-order chi connectivity index (χ1) is 9.47. The standard InChI is InChI=1S/C15H19N3O2/c1-10-4-6-13(7-5-10)17-14(19)8-9-18-12(3)11(2)16-15(18)20/h4-7H,8-9H2,1-3H3,(H,16,20)(H,17,19). The maximum absolute atomic E-state index is 11.9. The summed E-state index contributed by atoms with van der Waals surface area (Å²) in [5.41, 5.74) is 3.47. The number of carbonyl (C=O) groups excluding carboxylic acids is 1. The lowest BCUT2D eigenvalue weighted by Crippen LogP contribution is -2.22. The van der Waals surface area contributed by atoms with Crippen LogP contribution in [0, 0.1) is 20.8 Å². The molecule has 0 unspecified atom stereocenters. The molecule has 0 radical (unpaired) electrons. The van der Waals surface area contributed by atoms with Gasteiger partial charge in [0, 0.05) is 30.0 Å². The zero-order valence-corrected chi connectivity index (χ0v) is 12.0. The maximum Gasteiger partial charge on any atom is 0.325 e. The van der Waals surface area contributed by atoms with Gasteiger partial charge in [-0.2, -0.15) is 0 Å². The number of hydrogen-bond acceptors (Lipinski definition) is 2. The summed E-state index contributed by atoms with van der Waals surface area (Å²) in [5, 5.41) is 2.82. The van der Waals surface area contributed by atoms with Crippen LogP contribution in [0.25, 0.3) is 0 Å². The topological polar surface area (TPSA) is 66.9 Å². The van der Waals surface area contributed by atoms with Gasteiger partial charge in [0.15, 0.2) is 0 Å². The third-order valence-corrected chi connectivity index (χ3v) is 3.38. The van der Waals surface area contributed by atoms with Gasteiger partial charge >= 0.3 is 5.69 Å². The number of carbonyl (C=O) groups is 1. The number of hydrogen-bond donors (Lipinski definition) is 2. The molecule has 106 valence electrons. The predicted octanol–water partition coefficient (Wildman–Crippen LogP) is 2.13. The van der Waals surface area contributed by atoms with Crippen molar-refractivity contribution in [3.8, 4) is 0 Å². The van der Waals surface area contributed by atoms with E-state index in [1.54, 1.807) is 4.57 Å². The van der Waals surface area contributed by atoms with Crippen molar-refractivity contribution in [2.75, 3.05) is 5.32 Å². The summed E-state index contributed by atoms with van der Waals surface area (Å²) in [6, 6.07) is 7.62. The van der Waals surface area contributed by atoms with Crippen LogP contribution in [0.15, 0.2) is 29.1 Å². The summed E-state index contributed by atoms with van der Waals surface area (Å²) in [6.45, 7) is 6.09. The van der Waals surface area contributed by atoms with Crippen molar-refractivity contribution in [1.29, 1.82) is 0 Å². The molecule has 0 bridgehead atoms. The lowest BCUT2D eigenvalue weighted by molar-refractivity contribution is -0.116. The molecule has 1 heterocycles. The molecule has 20 heavy (non-hydrogen) atoms. The number of aromatic nitrogens is 2. The molecule has 5 nitrogen and oxygen atoms in total. The summed E-state index contributed by atoms with van der Waals surface area (Å²) < 4.78 is 1.59. The minimum absolute atomic E-state index is 0.0981. The van der Waals surface area contributed by atoms with Crippen LogP contribution in [0.3, 0.4) is 0 Å². The zero-order chi connectivity index (χ0) is 14.7. The van der Waals surface area contributed by atoms with Crippen molar-refractivity contribution in [2.24, 2.45) is 0 Å². The van der Waals surface area contributed by atoms with Gasteiger partial charge in [-0.05, 0) is 32.9 Å². The van der Waals surface area contributed by atoms with Gasteiger partial charge < -0.3 is 10.3 Å². The highest BCUT2D eigenvalue weighted by Gasteiger charge is 2.09. The van der Waals surface area contributed by atoms with E-state index in [4.69, 9.17) is 0 Å². The normalized spacial score (nSPS) is 10.6. The molecule has 0 saturated carbocycles. The molecule has 1 aromatic carbocycles. The summed E-state index contributed by atoms with van der Waals surface area (Å²) in [4.78, 5) is 26.2. The molecule has 5 heteroatoms. The molecule has 0 atom stereocenters. The van der Waals surface area contributed by atoms with Gasteiger partial charge in [0.1, 0.15) is 0 Å². The van der Waals surface area contributed by atoms with E-state index in [0.29, 0.717) is 6.54 Å². The van der Waals surface area contributed by atoms with Crippen molar-refractivity contribution in [2.45, 2.75) is 33.7 Å². The van der Waals surface area contributed by atoms with E-state index in [2.05, 4.69) is 10.3 Å². The largest absolute Gasteiger partial charge is 0.326 e. The Bertz CT molecular complexity index is 665. The number of rotatable bonds is 4. The molecule has 1 aromatic heterocycles. The van der Waals surface area contributed by atoms with Gasteiger partial charge in [-0.1, -0.05) is 17.7 Å². The lowest BCUT2D eigenvalue weighted by Gasteiger charge is -2.07. The highest BCUT2D eigenvalue weighted by atomic mass is 16.2. The van der Waals surface area contributed by atoms with Gasteiger partial charge in [0.2, 0.25) is 5.91 Å². The Balaban J connectivity index is 1.95. The van der Waals surface area contributed by atoms with Gasteiger partial charge in [0.05, 0.1) is 0 Å². The van der Waals surface area contributed by atoms with Crippen LogP contribution in [0.4, 0.5) is 5.69 Å². The molecule has 0 fully saturated rings. The van der Waals surface area contributed by atoms with Gasteiger partial charge in [-0.3, -0.25) is 9.36 Å². The summed E-state index contributed by atoms with van der Waals surface area (Å²) >= 11 is 0. The van der Waals surface area contributed by atoms with Crippen LogP contribution in [0.2, 0.25) is 0 Å². The molecule has 2 aromatic rings. The molecule has 0 aliphatic heterocycles. The van der Waals surface area contributed by atoms with E-state index in [9.17, 15) is 9.59 Å². The summed E-state index contributed by atoms with van der Waals surface area (Å²) in [6.07, 6.45) is 0.270. The first-order valence-corrected chi connectivity index (χ1v) is 6.60. The second-order valence-electron chi connectivity index (χ2n) is 4.96. The number of imidazole rings is 1. The van der Waals surface area contributed by atoms with Crippen LogP contribution in [0.1, 0.15) is 23.4 Å². The van der Waals surface area contributed by atoms with Crippen molar-refractivity contribution >= 4 is 11.6 Å². The van der Waals surface area contributed by atoms with Crippen LogP contribution < -0.4 is 11.0 Å². The van der Waals surface area contributed by atoms with Crippen molar-refractivity contribution in [3.63, 3.8) is 0 Å². The SMILES string of the molecule is Cc1ccc(NC(=O)CCn2c(C)c(C)[nH]c2=O)cc1. The van der Waals surface area contributed by atoms with E-state index in [0.717, 1.165) is 22.6 Å². The van der Waals surface area contributed by atoms with Crippen molar-refractivity contribution in [1.82, 2.24) is 9.55 Å². The third kappa shape index (κ3) is 3.17. The number of aromatic amines is 1. The highest BCUT2D eigenvalue weighted by molar-refractivity contribution is 5.90. The average molecular weight is 273 g/mol. The van der Waals surface area contributed by atoms with E-state index in [1.807, 2.05) is 45.0 Å². The molecule has 1 amide bonds. The summed E-state index contributed by atoms with van der Waals surface area (Å²) in [5.74, 6) is -0.0981. The van der Waals surface area contributed by atoms with Crippen LogP contribution in [-0.2, 0) is 11.3 Å². The number of aryl methyl sites for hydroxylation is 2. The highest BCUT2D eigenvalue weighted by Crippen LogP contribution is 2.09. The smallest absolute Gasteiger partial charge is 0.325 e. The van der Waals surface area contributed by atoms with Gasteiger partial charge in [-0.15, -0.1) is 0 Å². The van der Waals surface area contributed by atoms with Crippen molar-refractivity contribution in [3.05, 3.63) is 51.7 Å². The second-order valence-corrected chi connectivity index (χ2v) is 4.96. The number of H-pyrrole nitrogens is 1. The fraction of sp³-hybridized carbons (Fsp3) is 0.333. The molecule has 2 rings (SSSR count). The van der Waals surface area contributed by atoms with Crippen LogP contribution in [-0.4, -0.2) is 15.5 Å². The number of benzene rings is 1. The fourth-order valence-electron chi connectivity index (χ4n) is 2.02. The van der Waals surface area contributed by atoms with Crippen LogP contribution in [0.5, 0.6) is 0 Å². The van der Waals surface area contributed by atoms with E-state index in [1.165, 1.54) is 0 Å². The fourth-order valence-corrected chi connectivity index (χ4v) is 2.02. The zero-order valence-electron chi connectivity index (χ0n) is 12.0. The third-order valence-electron chi connectivity index (χ3n) is 3.38. The quantitative estimate of drug-likeness (QED) is 0.896. The number of amides is 1. The lowest BCUT2D eigenvalue weighted by atomic mass is 10.2. The Labute approximate surface area is 117 Å². The average Bonchev–Trinajstić information content (AvgIpc) is 2.64. The van der Waals surface area contributed by atoms with Gasteiger partial charge in [-0.25, -0.2) is 4.79 Å². The minimum atomic E-state index is -0.164. The Kier molecular flexibility index (Phi) is 4.08. The second kappa shape index (κ2) is 5.77. The molecule has 0 aliphatic carbocycles. The number of nitrogens with one attached hydrogen (secondary N) is 2. The van der Waals surface area contributed by atoms with Gasteiger partial charge in [0.25, 0.3) is 0 Å². The molecular weight excluding hydrogens is 254 g/mol. The van der Waals surface area contributed by atoms with E-state index in [-0.39, 0.29) is 18.0 Å². The van der Waals surface area contributed by atoms with Crippen LogP contribution >= 0.6 is 0 Å². The Morgan fingerprint density at radius 2 is 1.85 bits per heavy atom. The molecule has 2 N–H and O–H groups in total. The number of anilines is 1. The van der Waals surface area contributed by atoms with E-state index >= 15 is 0 Å². The van der Waals surface area contributed by atoms with E-state index < -0.39 is 0 Å². The van der Waals surface area contributed by atoms with Crippen molar-refractivity contribution < 1.29 is 4.79 Å². The first kappa shape index (κ1) is 14.1. The predicted molar refractivity (Wildman–Crippen MR) is 79.0 cm³/mol. The maximum atomic E-state index is 11.9. The first-order valence-electron chi connectivity index (χ1n) is 6.60. The Morgan fingerprint density at radius 1 is 1.20 bits per heavy atom. The number of nitrogens with zero attached hydrogens (tertiary/aromatic N) is 1. The molecule has 0 spiro atoms. The molecule has 0 aliphatic rings. The Morgan fingerprint density at radius 3 is 2.40 bits per heavy atom. The molecule has 0 saturated heterocycles. The Hall–Kier alpha value is -2.30.